The van der Waals surface area contributed by atoms with E-state index in [9.17, 15) is 13.2 Å². The molecule has 1 saturated carbocycles. The van der Waals surface area contributed by atoms with Crippen LogP contribution >= 0.6 is 0 Å². The highest BCUT2D eigenvalue weighted by Crippen LogP contribution is 2.29. The molecule has 0 aromatic carbocycles. The minimum atomic E-state index is -4.56. The molecule has 1 unspecified atom stereocenters. The molecule has 1 aromatic rings. The Bertz CT molecular complexity index is 371. The second-order valence-corrected chi connectivity index (χ2v) is 4.42. The summed E-state index contributed by atoms with van der Waals surface area (Å²) in [7, 11) is 0. The van der Waals surface area contributed by atoms with Gasteiger partial charge in [-0.15, -0.1) is 0 Å². The van der Waals surface area contributed by atoms with Crippen LogP contribution < -0.4 is 5.73 Å². The number of nitrogens with two attached hydrogens (primary N) is 1. The maximum absolute atomic E-state index is 12.2. The van der Waals surface area contributed by atoms with Crippen LogP contribution in [0, 0.1) is 5.92 Å². The summed E-state index contributed by atoms with van der Waals surface area (Å²) in [6, 6.07) is -0.195. The molecule has 4 nitrogen and oxygen atoms in total. The first-order valence-corrected chi connectivity index (χ1v) is 5.62. The van der Waals surface area contributed by atoms with Crippen molar-refractivity contribution >= 4 is 0 Å². The predicted molar refractivity (Wildman–Crippen MR) is 52.9 cm³/mol. The van der Waals surface area contributed by atoms with Gasteiger partial charge in [-0.3, -0.25) is 0 Å². The van der Waals surface area contributed by atoms with Gasteiger partial charge in [0.15, 0.2) is 0 Å². The average molecular weight is 249 g/mol. The molecule has 1 fully saturated rings. The standard InChI is InChI=1S/C10H14F3N3O/c11-10(12,13)9-15-8(17-16-9)5-7(14)6-3-1-2-4-6/h6-7H,1-5,14H2. The molecule has 0 saturated heterocycles. The molecule has 0 spiro atoms. The zero-order valence-corrected chi connectivity index (χ0v) is 9.20. The summed E-state index contributed by atoms with van der Waals surface area (Å²) in [6.07, 6.45) is -0.0121. The van der Waals surface area contributed by atoms with Gasteiger partial charge in [-0.05, 0) is 18.8 Å². The first-order chi connectivity index (χ1) is 7.97. The summed E-state index contributed by atoms with van der Waals surface area (Å²) in [5, 5.41) is 2.90. The lowest BCUT2D eigenvalue weighted by molar-refractivity contribution is -0.146. The van der Waals surface area contributed by atoms with E-state index in [-0.39, 0.29) is 18.4 Å². The SMILES string of the molecule is NC(Cc1nc(C(F)(F)F)no1)C1CCCC1. The molecule has 0 bridgehead atoms. The number of hydrogen-bond acceptors (Lipinski definition) is 4. The highest BCUT2D eigenvalue weighted by molar-refractivity contribution is 4.94. The Hall–Kier alpha value is -1.11. The third kappa shape index (κ3) is 2.96. The summed E-state index contributed by atoms with van der Waals surface area (Å²) in [6.45, 7) is 0. The van der Waals surface area contributed by atoms with E-state index in [4.69, 9.17) is 5.73 Å². The van der Waals surface area contributed by atoms with Gasteiger partial charge >= 0.3 is 6.18 Å². The van der Waals surface area contributed by atoms with Crippen molar-refractivity contribution in [2.75, 3.05) is 0 Å². The fraction of sp³-hybridized carbons (Fsp3) is 0.800. The second-order valence-electron chi connectivity index (χ2n) is 4.42. The first kappa shape index (κ1) is 12.3. The fourth-order valence-electron chi connectivity index (χ4n) is 2.21. The van der Waals surface area contributed by atoms with E-state index in [1.165, 1.54) is 0 Å². The number of hydrogen-bond donors (Lipinski definition) is 1. The molecule has 1 aliphatic rings. The molecular weight excluding hydrogens is 235 g/mol. The Morgan fingerprint density at radius 3 is 2.53 bits per heavy atom. The molecule has 0 radical (unpaired) electrons. The van der Waals surface area contributed by atoms with E-state index in [0.717, 1.165) is 25.7 Å². The highest BCUT2D eigenvalue weighted by atomic mass is 19.4. The lowest BCUT2D eigenvalue weighted by Crippen LogP contribution is -2.30. The summed E-state index contributed by atoms with van der Waals surface area (Å²) >= 11 is 0. The fourth-order valence-corrected chi connectivity index (χ4v) is 2.21. The predicted octanol–water partition coefficient (Wildman–Crippen LogP) is 2.15. The van der Waals surface area contributed by atoms with Crippen LogP contribution in [-0.4, -0.2) is 16.2 Å². The van der Waals surface area contributed by atoms with Crippen molar-refractivity contribution in [1.29, 1.82) is 0 Å². The number of rotatable bonds is 3. The van der Waals surface area contributed by atoms with Crippen LogP contribution in [0.15, 0.2) is 4.52 Å². The summed E-state index contributed by atoms with van der Waals surface area (Å²) in [5.74, 6) is -0.904. The Morgan fingerprint density at radius 1 is 1.35 bits per heavy atom. The Morgan fingerprint density at radius 2 is 2.00 bits per heavy atom. The molecule has 7 heteroatoms. The molecule has 0 aliphatic heterocycles. The van der Waals surface area contributed by atoms with E-state index in [2.05, 4.69) is 14.7 Å². The van der Waals surface area contributed by atoms with Crippen LogP contribution in [0.4, 0.5) is 13.2 Å². The molecule has 1 aromatic heterocycles. The lowest BCUT2D eigenvalue weighted by Gasteiger charge is -2.16. The lowest BCUT2D eigenvalue weighted by atomic mass is 9.96. The Kier molecular flexibility index (Phi) is 3.37. The third-order valence-corrected chi connectivity index (χ3v) is 3.14. The van der Waals surface area contributed by atoms with Crippen molar-refractivity contribution < 1.29 is 17.7 Å². The zero-order valence-electron chi connectivity index (χ0n) is 9.20. The number of aromatic nitrogens is 2. The van der Waals surface area contributed by atoms with Gasteiger partial charge in [0, 0.05) is 12.5 Å². The van der Waals surface area contributed by atoms with Crippen LogP contribution in [0.2, 0.25) is 0 Å². The van der Waals surface area contributed by atoms with Gasteiger partial charge in [0.2, 0.25) is 5.89 Å². The molecular formula is C10H14F3N3O. The normalized spacial score (nSPS) is 19.8. The smallest absolute Gasteiger partial charge is 0.339 e. The van der Waals surface area contributed by atoms with Crippen molar-refractivity contribution in [2.45, 2.75) is 44.3 Å². The van der Waals surface area contributed by atoms with Gasteiger partial charge in [-0.1, -0.05) is 18.0 Å². The van der Waals surface area contributed by atoms with Gasteiger partial charge < -0.3 is 10.3 Å². The Balaban J connectivity index is 1.96. The first-order valence-electron chi connectivity index (χ1n) is 5.62. The Labute approximate surface area is 96.4 Å². The molecule has 1 atom stereocenters. The van der Waals surface area contributed by atoms with Crippen LogP contribution in [0.1, 0.15) is 37.4 Å². The van der Waals surface area contributed by atoms with Crippen molar-refractivity contribution in [3.8, 4) is 0 Å². The monoisotopic (exact) mass is 249 g/mol. The summed E-state index contributed by atoms with van der Waals surface area (Å²) in [4.78, 5) is 3.31. The molecule has 1 aliphatic carbocycles. The number of halogens is 3. The second kappa shape index (κ2) is 4.64. The van der Waals surface area contributed by atoms with Crippen molar-refractivity contribution in [3.63, 3.8) is 0 Å². The van der Waals surface area contributed by atoms with Gasteiger partial charge in [0.1, 0.15) is 0 Å². The van der Waals surface area contributed by atoms with E-state index in [1.807, 2.05) is 0 Å². The molecule has 2 rings (SSSR count). The minimum Gasteiger partial charge on any atom is -0.339 e. The maximum atomic E-state index is 12.2. The van der Waals surface area contributed by atoms with Crippen LogP contribution in [0.3, 0.4) is 0 Å². The number of alkyl halides is 3. The summed E-state index contributed by atoms with van der Waals surface area (Å²) < 4.78 is 41.2. The topological polar surface area (TPSA) is 64.9 Å². The van der Waals surface area contributed by atoms with Crippen LogP contribution in [0.5, 0.6) is 0 Å². The molecule has 2 N–H and O–H groups in total. The van der Waals surface area contributed by atoms with E-state index in [0.29, 0.717) is 5.92 Å². The van der Waals surface area contributed by atoms with Crippen LogP contribution in [0.25, 0.3) is 0 Å². The highest BCUT2D eigenvalue weighted by Gasteiger charge is 2.37. The molecule has 96 valence electrons. The summed E-state index contributed by atoms with van der Waals surface area (Å²) in [5.41, 5.74) is 5.92. The molecule has 1 heterocycles. The maximum Gasteiger partial charge on any atom is 0.455 e. The van der Waals surface area contributed by atoms with Gasteiger partial charge in [0.05, 0.1) is 0 Å². The molecule has 0 amide bonds. The molecule has 17 heavy (non-hydrogen) atoms. The third-order valence-electron chi connectivity index (χ3n) is 3.14. The van der Waals surface area contributed by atoms with Crippen molar-refractivity contribution in [1.82, 2.24) is 10.1 Å². The average Bonchev–Trinajstić information content (AvgIpc) is 2.85. The van der Waals surface area contributed by atoms with E-state index < -0.39 is 12.0 Å². The largest absolute Gasteiger partial charge is 0.455 e. The minimum absolute atomic E-state index is 0.0308. The van der Waals surface area contributed by atoms with Crippen molar-refractivity contribution in [2.24, 2.45) is 11.7 Å². The van der Waals surface area contributed by atoms with Crippen molar-refractivity contribution in [3.05, 3.63) is 11.7 Å². The van der Waals surface area contributed by atoms with E-state index in [1.54, 1.807) is 0 Å². The number of nitrogens with zero attached hydrogens (tertiary/aromatic N) is 2. The zero-order chi connectivity index (χ0) is 12.5. The quantitative estimate of drug-likeness (QED) is 0.891. The van der Waals surface area contributed by atoms with E-state index >= 15 is 0 Å². The van der Waals surface area contributed by atoms with Gasteiger partial charge in [0.25, 0.3) is 5.82 Å². The van der Waals surface area contributed by atoms with Gasteiger partial charge in [-0.25, -0.2) is 0 Å². The van der Waals surface area contributed by atoms with Gasteiger partial charge in [-0.2, -0.15) is 18.2 Å². The van der Waals surface area contributed by atoms with Crippen LogP contribution in [-0.2, 0) is 12.6 Å².